The van der Waals surface area contributed by atoms with Gasteiger partial charge in [0.05, 0.1) is 5.75 Å². The van der Waals surface area contributed by atoms with Gasteiger partial charge in [-0.2, -0.15) is 0 Å². The quantitative estimate of drug-likeness (QED) is 0.841. The first kappa shape index (κ1) is 18.9. The van der Waals surface area contributed by atoms with Gasteiger partial charge in [0.15, 0.2) is 0 Å². The molecule has 0 radical (unpaired) electrons. The minimum absolute atomic E-state index is 0.0384. The lowest BCUT2D eigenvalue weighted by molar-refractivity contribution is -0.127. The summed E-state index contributed by atoms with van der Waals surface area (Å²) in [6.45, 7) is 2.86. The summed E-state index contributed by atoms with van der Waals surface area (Å²) in [5.41, 5.74) is 1.89. The molecule has 2 saturated carbocycles. The van der Waals surface area contributed by atoms with Gasteiger partial charge >= 0.3 is 0 Å². The number of rotatable bonds is 5. The predicted molar refractivity (Wildman–Crippen MR) is 105 cm³/mol. The van der Waals surface area contributed by atoms with Gasteiger partial charge in [0.25, 0.3) is 0 Å². The van der Waals surface area contributed by atoms with Gasteiger partial charge in [-0.05, 0) is 56.4 Å². The smallest absolute Gasteiger partial charge is 0.223 e. The van der Waals surface area contributed by atoms with Crippen LogP contribution >= 0.6 is 0 Å². The van der Waals surface area contributed by atoms with Crippen LogP contribution in [0.2, 0.25) is 0 Å². The number of hydrogen-bond donors (Lipinski definition) is 1. The third kappa shape index (κ3) is 4.21. The minimum atomic E-state index is -3.33. The highest BCUT2D eigenvalue weighted by atomic mass is 32.2. The number of hydrogen-bond acceptors (Lipinski definition) is 3. The molecule has 6 heteroatoms. The zero-order valence-electron chi connectivity index (χ0n) is 16.1. The number of nitrogens with one attached hydrogen (secondary N) is 1. The Hall–Kier alpha value is -1.40. The lowest BCUT2D eigenvalue weighted by atomic mass is 9.93. The Morgan fingerprint density at radius 1 is 1.15 bits per heavy atom. The highest BCUT2D eigenvalue weighted by Crippen LogP contribution is 2.44. The molecular formula is C21H30N2O3S. The zero-order valence-corrected chi connectivity index (χ0v) is 16.9. The summed E-state index contributed by atoms with van der Waals surface area (Å²) >= 11 is 0. The molecule has 0 spiro atoms. The summed E-state index contributed by atoms with van der Waals surface area (Å²) in [5.74, 6) is 1.62. The molecule has 2 aliphatic carbocycles. The summed E-state index contributed by atoms with van der Waals surface area (Å²) in [4.78, 5) is 12.6. The second-order valence-corrected chi connectivity index (χ2v) is 10.7. The summed E-state index contributed by atoms with van der Waals surface area (Å²) in [6.07, 6.45) is 6.25. The van der Waals surface area contributed by atoms with Crippen LogP contribution < -0.4 is 5.32 Å². The Labute approximate surface area is 162 Å². The van der Waals surface area contributed by atoms with Crippen molar-refractivity contribution in [1.82, 2.24) is 9.62 Å². The third-order valence-electron chi connectivity index (χ3n) is 6.72. The van der Waals surface area contributed by atoms with Gasteiger partial charge in [-0.25, -0.2) is 12.7 Å². The number of aryl methyl sites for hydroxylation is 1. The van der Waals surface area contributed by atoms with Crippen LogP contribution in [0, 0.1) is 24.7 Å². The van der Waals surface area contributed by atoms with Gasteiger partial charge in [-0.1, -0.05) is 36.2 Å². The molecule has 1 aromatic carbocycles. The molecule has 2 bridgehead atoms. The Kier molecular flexibility index (Phi) is 5.30. The predicted octanol–water partition coefficient (Wildman–Crippen LogP) is 2.84. The van der Waals surface area contributed by atoms with Crippen molar-refractivity contribution in [2.24, 2.45) is 17.8 Å². The first-order valence-electron chi connectivity index (χ1n) is 10.2. The van der Waals surface area contributed by atoms with E-state index >= 15 is 0 Å². The van der Waals surface area contributed by atoms with Crippen molar-refractivity contribution in [3.63, 3.8) is 0 Å². The lowest BCUT2D eigenvalue weighted by Crippen LogP contribution is -2.46. The van der Waals surface area contributed by atoms with Crippen LogP contribution in [0.4, 0.5) is 0 Å². The van der Waals surface area contributed by atoms with E-state index in [4.69, 9.17) is 0 Å². The van der Waals surface area contributed by atoms with E-state index in [1.54, 1.807) is 4.31 Å². The van der Waals surface area contributed by atoms with E-state index in [0.717, 1.165) is 23.5 Å². The SMILES string of the molecule is Cc1cccc(CS(=O)(=O)N2CCC(C(=O)N[C@@H]3C[C@H]4CC[C@H]3C4)CC2)c1. The Bertz CT molecular complexity index is 799. The Morgan fingerprint density at radius 2 is 1.93 bits per heavy atom. The fourth-order valence-electron chi connectivity index (χ4n) is 5.22. The van der Waals surface area contributed by atoms with Gasteiger partial charge in [0.1, 0.15) is 0 Å². The molecule has 0 aromatic heterocycles. The van der Waals surface area contributed by atoms with Crippen LogP contribution in [0.5, 0.6) is 0 Å². The number of nitrogens with zero attached hydrogens (tertiary/aromatic N) is 1. The third-order valence-corrected chi connectivity index (χ3v) is 8.57. The van der Waals surface area contributed by atoms with Crippen LogP contribution in [-0.2, 0) is 20.6 Å². The maximum absolute atomic E-state index is 12.7. The van der Waals surface area contributed by atoms with Crippen molar-refractivity contribution < 1.29 is 13.2 Å². The first-order valence-corrected chi connectivity index (χ1v) is 11.9. The molecule has 1 aromatic rings. The number of piperidine rings is 1. The van der Waals surface area contributed by atoms with E-state index in [1.165, 1.54) is 19.3 Å². The molecule has 3 atom stereocenters. The molecular weight excluding hydrogens is 360 g/mol. The van der Waals surface area contributed by atoms with Gasteiger partial charge in [-0.15, -0.1) is 0 Å². The second-order valence-electron chi connectivity index (χ2n) is 8.71. The molecule has 3 aliphatic rings. The molecule has 1 heterocycles. The van der Waals surface area contributed by atoms with E-state index in [9.17, 15) is 13.2 Å². The Balaban J connectivity index is 1.29. The first-order chi connectivity index (χ1) is 12.9. The summed E-state index contributed by atoms with van der Waals surface area (Å²) in [5, 5.41) is 3.27. The van der Waals surface area contributed by atoms with Gasteiger partial charge in [0.2, 0.25) is 15.9 Å². The van der Waals surface area contributed by atoms with E-state index in [2.05, 4.69) is 5.32 Å². The highest BCUT2D eigenvalue weighted by molar-refractivity contribution is 7.88. The van der Waals surface area contributed by atoms with E-state index in [0.29, 0.717) is 37.9 Å². The van der Waals surface area contributed by atoms with Crippen LogP contribution in [0.1, 0.15) is 49.7 Å². The van der Waals surface area contributed by atoms with Crippen LogP contribution in [0.3, 0.4) is 0 Å². The van der Waals surface area contributed by atoms with Crippen molar-refractivity contribution in [2.75, 3.05) is 13.1 Å². The summed E-state index contributed by atoms with van der Waals surface area (Å²) in [6, 6.07) is 8.01. The maximum Gasteiger partial charge on any atom is 0.223 e. The number of fused-ring (bicyclic) bond motifs is 2. The average Bonchev–Trinajstić information content (AvgIpc) is 3.24. The molecule has 148 valence electrons. The lowest BCUT2D eigenvalue weighted by Gasteiger charge is -2.32. The molecule has 4 rings (SSSR count). The van der Waals surface area contributed by atoms with Crippen molar-refractivity contribution in [3.05, 3.63) is 35.4 Å². The second kappa shape index (κ2) is 7.55. The van der Waals surface area contributed by atoms with E-state index in [-0.39, 0.29) is 17.6 Å². The monoisotopic (exact) mass is 390 g/mol. The largest absolute Gasteiger partial charge is 0.353 e. The molecule has 1 saturated heterocycles. The molecule has 1 amide bonds. The number of amides is 1. The maximum atomic E-state index is 12.7. The molecule has 0 unspecified atom stereocenters. The van der Waals surface area contributed by atoms with Crippen LogP contribution in [0.15, 0.2) is 24.3 Å². The highest BCUT2D eigenvalue weighted by Gasteiger charge is 2.41. The fraction of sp³-hybridized carbons (Fsp3) is 0.667. The van der Waals surface area contributed by atoms with Crippen LogP contribution in [0.25, 0.3) is 0 Å². The number of carbonyl (C=O) groups is 1. The summed E-state index contributed by atoms with van der Waals surface area (Å²) < 4.78 is 27.0. The molecule has 3 fully saturated rings. The average molecular weight is 391 g/mol. The molecule has 5 nitrogen and oxygen atoms in total. The normalized spacial score (nSPS) is 29.1. The van der Waals surface area contributed by atoms with Crippen molar-refractivity contribution in [2.45, 2.75) is 57.2 Å². The summed E-state index contributed by atoms with van der Waals surface area (Å²) in [7, 11) is -3.33. The number of carbonyl (C=O) groups excluding carboxylic acids is 1. The number of sulfonamides is 1. The molecule has 27 heavy (non-hydrogen) atoms. The van der Waals surface area contributed by atoms with Crippen molar-refractivity contribution in [1.29, 1.82) is 0 Å². The van der Waals surface area contributed by atoms with E-state index < -0.39 is 10.0 Å². The van der Waals surface area contributed by atoms with Crippen molar-refractivity contribution in [3.8, 4) is 0 Å². The minimum Gasteiger partial charge on any atom is -0.353 e. The van der Waals surface area contributed by atoms with Gasteiger partial charge in [-0.3, -0.25) is 4.79 Å². The Morgan fingerprint density at radius 3 is 2.56 bits per heavy atom. The van der Waals surface area contributed by atoms with Crippen LogP contribution in [-0.4, -0.2) is 37.8 Å². The van der Waals surface area contributed by atoms with E-state index in [1.807, 2.05) is 31.2 Å². The van der Waals surface area contributed by atoms with Gasteiger partial charge < -0.3 is 5.32 Å². The topological polar surface area (TPSA) is 66.5 Å². The fourth-order valence-corrected chi connectivity index (χ4v) is 6.77. The van der Waals surface area contributed by atoms with Gasteiger partial charge in [0, 0.05) is 25.0 Å². The number of benzene rings is 1. The zero-order chi connectivity index (χ0) is 19.0. The standard InChI is InChI=1S/C21H30N2O3S/c1-15-3-2-4-17(11-15)14-27(25,26)23-9-7-18(8-10-23)21(24)22-20-13-16-5-6-19(20)12-16/h2-4,11,16,18-20H,5-10,12-14H2,1H3,(H,22,24)/t16-,19-,20+/m0/s1. The van der Waals surface area contributed by atoms with Crippen molar-refractivity contribution >= 4 is 15.9 Å². The molecule has 1 N–H and O–H groups in total. The molecule has 1 aliphatic heterocycles.